The number of benzene rings is 1. The summed E-state index contributed by atoms with van der Waals surface area (Å²) in [6.45, 7) is 2.91. The summed E-state index contributed by atoms with van der Waals surface area (Å²) in [5.41, 5.74) is 2.53. The van der Waals surface area contributed by atoms with Gasteiger partial charge >= 0.3 is 0 Å². The molecule has 2 rings (SSSR count). The largest absolute Gasteiger partial charge is 0.368 e. The highest BCUT2D eigenvalue weighted by atomic mass is 32.2. The van der Waals surface area contributed by atoms with Gasteiger partial charge in [-0.2, -0.15) is 5.26 Å². The first-order chi connectivity index (χ1) is 8.02. The topological polar surface area (TPSA) is 61.2 Å². The molecule has 1 aromatic carbocycles. The third kappa shape index (κ3) is 2.59. The van der Waals surface area contributed by atoms with Crippen molar-refractivity contribution < 1.29 is 8.42 Å². The van der Waals surface area contributed by atoms with Gasteiger partial charge in [-0.15, -0.1) is 0 Å². The Morgan fingerprint density at radius 1 is 1.29 bits per heavy atom. The summed E-state index contributed by atoms with van der Waals surface area (Å²) < 4.78 is 22.7. The van der Waals surface area contributed by atoms with Gasteiger partial charge in [0.05, 0.1) is 22.8 Å². The first-order valence-electron chi connectivity index (χ1n) is 5.48. The molecule has 0 bridgehead atoms. The Kier molecular flexibility index (Phi) is 3.07. The maximum Gasteiger partial charge on any atom is 0.153 e. The monoisotopic (exact) mass is 250 g/mol. The lowest BCUT2D eigenvalue weighted by Crippen LogP contribution is -2.40. The van der Waals surface area contributed by atoms with Gasteiger partial charge in [0.25, 0.3) is 0 Å². The maximum atomic E-state index is 11.4. The van der Waals surface area contributed by atoms with E-state index in [1.165, 1.54) is 0 Å². The minimum atomic E-state index is -2.88. The number of anilines is 1. The van der Waals surface area contributed by atoms with Crippen LogP contribution in [0.1, 0.15) is 11.1 Å². The quantitative estimate of drug-likeness (QED) is 0.749. The van der Waals surface area contributed by atoms with Gasteiger partial charge in [0, 0.05) is 13.1 Å². The number of nitrogens with zero attached hydrogens (tertiary/aromatic N) is 2. The minimum absolute atomic E-state index is 0.172. The van der Waals surface area contributed by atoms with Gasteiger partial charge in [-0.3, -0.25) is 0 Å². The van der Waals surface area contributed by atoms with Crippen molar-refractivity contribution in [1.29, 1.82) is 5.26 Å². The molecule has 0 aliphatic carbocycles. The van der Waals surface area contributed by atoms with E-state index in [0.29, 0.717) is 18.7 Å². The lowest BCUT2D eigenvalue weighted by Gasteiger charge is -2.29. The van der Waals surface area contributed by atoms with Crippen molar-refractivity contribution in [1.82, 2.24) is 0 Å². The van der Waals surface area contributed by atoms with Gasteiger partial charge in [0.1, 0.15) is 6.07 Å². The molecule has 0 N–H and O–H groups in total. The molecule has 0 atom stereocenters. The average molecular weight is 250 g/mol. The summed E-state index contributed by atoms with van der Waals surface area (Å²) in [6.07, 6.45) is 0. The van der Waals surface area contributed by atoms with Gasteiger partial charge in [0.2, 0.25) is 0 Å². The Bertz CT molecular complexity index is 559. The molecular weight excluding hydrogens is 236 g/mol. The van der Waals surface area contributed by atoms with Crippen LogP contribution in [-0.2, 0) is 9.84 Å². The predicted molar refractivity (Wildman–Crippen MR) is 66.8 cm³/mol. The standard InChI is InChI=1S/C12H14N2O2S/c1-10-2-3-11(9-13)12(8-10)14-4-6-17(15,16)7-5-14/h2-3,8H,4-7H2,1H3. The van der Waals surface area contributed by atoms with Crippen LogP contribution >= 0.6 is 0 Å². The van der Waals surface area contributed by atoms with Crippen LogP contribution in [0.25, 0.3) is 0 Å². The molecule has 1 heterocycles. The molecular formula is C12H14N2O2S. The fourth-order valence-corrected chi connectivity index (χ4v) is 3.15. The van der Waals surface area contributed by atoms with E-state index in [1.54, 1.807) is 6.07 Å². The molecule has 0 unspecified atom stereocenters. The van der Waals surface area contributed by atoms with E-state index in [9.17, 15) is 8.42 Å². The maximum absolute atomic E-state index is 11.4. The second-order valence-electron chi connectivity index (χ2n) is 4.27. The third-order valence-corrected chi connectivity index (χ3v) is 4.57. The van der Waals surface area contributed by atoms with Gasteiger partial charge < -0.3 is 4.90 Å². The van der Waals surface area contributed by atoms with Crippen molar-refractivity contribution in [3.8, 4) is 6.07 Å². The number of aryl methyl sites for hydroxylation is 1. The third-order valence-electron chi connectivity index (χ3n) is 2.96. The average Bonchev–Trinajstić information content (AvgIpc) is 2.29. The molecule has 90 valence electrons. The molecule has 1 aliphatic rings. The molecule has 0 spiro atoms. The summed E-state index contributed by atoms with van der Waals surface area (Å²) >= 11 is 0. The van der Waals surface area contributed by atoms with Crippen molar-refractivity contribution in [2.75, 3.05) is 29.5 Å². The molecule has 5 heteroatoms. The van der Waals surface area contributed by atoms with E-state index >= 15 is 0 Å². The van der Waals surface area contributed by atoms with Crippen molar-refractivity contribution in [2.45, 2.75) is 6.92 Å². The van der Waals surface area contributed by atoms with Crippen LogP contribution in [0.15, 0.2) is 18.2 Å². The van der Waals surface area contributed by atoms with Gasteiger partial charge in [-0.05, 0) is 24.6 Å². The highest BCUT2D eigenvalue weighted by Gasteiger charge is 2.23. The number of sulfone groups is 1. The Balaban J connectivity index is 2.30. The van der Waals surface area contributed by atoms with E-state index in [4.69, 9.17) is 5.26 Å². The predicted octanol–water partition coefficient (Wildman–Crippen LogP) is 1.10. The van der Waals surface area contributed by atoms with Crippen molar-refractivity contribution in [2.24, 2.45) is 0 Å². The molecule has 0 saturated carbocycles. The van der Waals surface area contributed by atoms with E-state index in [1.807, 2.05) is 24.0 Å². The molecule has 1 aliphatic heterocycles. The second-order valence-corrected chi connectivity index (χ2v) is 6.57. The number of hydrogen-bond donors (Lipinski definition) is 0. The van der Waals surface area contributed by atoms with Gasteiger partial charge in [-0.1, -0.05) is 6.07 Å². The zero-order valence-electron chi connectivity index (χ0n) is 9.68. The number of hydrogen-bond acceptors (Lipinski definition) is 4. The number of rotatable bonds is 1. The molecule has 4 nitrogen and oxygen atoms in total. The first kappa shape index (κ1) is 11.9. The van der Waals surface area contributed by atoms with Crippen LogP contribution in [0.4, 0.5) is 5.69 Å². The smallest absolute Gasteiger partial charge is 0.153 e. The Labute approximate surface area is 101 Å². The molecule has 0 radical (unpaired) electrons. The molecule has 1 aromatic rings. The van der Waals surface area contributed by atoms with E-state index in [0.717, 1.165) is 11.3 Å². The van der Waals surface area contributed by atoms with Crippen molar-refractivity contribution in [3.63, 3.8) is 0 Å². The Hall–Kier alpha value is -1.54. The molecule has 1 saturated heterocycles. The van der Waals surface area contributed by atoms with Crippen LogP contribution < -0.4 is 4.90 Å². The summed E-state index contributed by atoms with van der Waals surface area (Å²) in [5, 5.41) is 9.05. The van der Waals surface area contributed by atoms with Crippen LogP contribution in [0, 0.1) is 18.3 Å². The van der Waals surface area contributed by atoms with Crippen LogP contribution in [0.2, 0.25) is 0 Å². The molecule has 0 amide bonds. The Morgan fingerprint density at radius 3 is 2.53 bits per heavy atom. The zero-order valence-corrected chi connectivity index (χ0v) is 10.5. The minimum Gasteiger partial charge on any atom is -0.368 e. The normalized spacial score (nSPS) is 18.7. The van der Waals surface area contributed by atoms with Crippen LogP contribution in [0.5, 0.6) is 0 Å². The summed E-state index contributed by atoms with van der Waals surface area (Å²) in [5.74, 6) is 0.345. The highest BCUT2D eigenvalue weighted by Crippen LogP contribution is 2.23. The lowest BCUT2D eigenvalue weighted by molar-refractivity contribution is 0.587. The summed E-state index contributed by atoms with van der Waals surface area (Å²) in [7, 11) is -2.88. The zero-order chi connectivity index (χ0) is 12.5. The van der Waals surface area contributed by atoms with Crippen molar-refractivity contribution in [3.05, 3.63) is 29.3 Å². The lowest BCUT2D eigenvalue weighted by atomic mass is 10.1. The number of nitriles is 1. The summed E-state index contributed by atoms with van der Waals surface area (Å²) in [4.78, 5) is 1.98. The van der Waals surface area contributed by atoms with Gasteiger partial charge in [0.15, 0.2) is 9.84 Å². The molecule has 0 aromatic heterocycles. The SMILES string of the molecule is Cc1ccc(C#N)c(N2CCS(=O)(=O)CC2)c1. The van der Waals surface area contributed by atoms with Crippen LogP contribution in [0.3, 0.4) is 0 Å². The van der Waals surface area contributed by atoms with E-state index < -0.39 is 9.84 Å². The van der Waals surface area contributed by atoms with Crippen LogP contribution in [-0.4, -0.2) is 33.0 Å². The van der Waals surface area contributed by atoms with E-state index in [-0.39, 0.29) is 11.5 Å². The molecule has 17 heavy (non-hydrogen) atoms. The molecule has 1 fully saturated rings. The van der Waals surface area contributed by atoms with E-state index in [2.05, 4.69) is 6.07 Å². The van der Waals surface area contributed by atoms with Gasteiger partial charge in [-0.25, -0.2) is 8.42 Å². The highest BCUT2D eigenvalue weighted by molar-refractivity contribution is 7.91. The first-order valence-corrected chi connectivity index (χ1v) is 7.30. The Morgan fingerprint density at radius 2 is 1.94 bits per heavy atom. The fourth-order valence-electron chi connectivity index (χ4n) is 1.95. The summed E-state index contributed by atoms with van der Waals surface area (Å²) in [6, 6.07) is 7.77. The second kappa shape index (κ2) is 4.38. The fraction of sp³-hybridized carbons (Fsp3) is 0.417. The van der Waals surface area contributed by atoms with Crippen molar-refractivity contribution >= 4 is 15.5 Å².